The summed E-state index contributed by atoms with van der Waals surface area (Å²) >= 11 is 0. The van der Waals surface area contributed by atoms with E-state index in [9.17, 15) is 13.2 Å². The van der Waals surface area contributed by atoms with E-state index in [4.69, 9.17) is 19.7 Å². The minimum Gasteiger partial charge on any atom is -0.475 e. The largest absolute Gasteiger partial charge is 0.490 e. The summed E-state index contributed by atoms with van der Waals surface area (Å²) in [5.74, 6) is -1.05. The van der Waals surface area contributed by atoms with E-state index in [1.54, 1.807) is 0 Å². The van der Waals surface area contributed by atoms with E-state index in [0.717, 1.165) is 36.9 Å². The van der Waals surface area contributed by atoms with Gasteiger partial charge in [0.2, 0.25) is 5.88 Å². The summed E-state index contributed by atoms with van der Waals surface area (Å²) in [6.07, 6.45) is 2.47. The number of aliphatic carboxylic acids is 1. The van der Waals surface area contributed by atoms with Gasteiger partial charge in [0, 0.05) is 12.6 Å². The molecule has 1 fully saturated rings. The van der Waals surface area contributed by atoms with Gasteiger partial charge < -0.3 is 9.84 Å². The standard InChI is InChI=1S/C20H28N2O.C2HF3O2/c1-3-8-19-13-20(22(21-19)14-17-10-5-6-11-17)23-15-18-12-7-4-9-16(18)2;3-2(4,5)1(6)7/h4,7,9,12-13,17H,3,5-6,8,10-11,14-15H2,1-2H3;(H,6,7). The fraction of sp³-hybridized carbons (Fsp3) is 0.545. The van der Waals surface area contributed by atoms with Gasteiger partial charge in [-0.05, 0) is 43.2 Å². The van der Waals surface area contributed by atoms with Gasteiger partial charge in [-0.2, -0.15) is 18.3 Å². The Balaban J connectivity index is 0.000000396. The van der Waals surface area contributed by atoms with Gasteiger partial charge in [-0.1, -0.05) is 50.5 Å². The molecule has 0 spiro atoms. The minimum absolute atomic E-state index is 0.620. The molecule has 0 bridgehead atoms. The highest BCUT2D eigenvalue weighted by atomic mass is 19.4. The molecular weight excluding hydrogens is 397 g/mol. The van der Waals surface area contributed by atoms with E-state index < -0.39 is 12.1 Å². The van der Waals surface area contributed by atoms with Crippen LogP contribution < -0.4 is 4.74 Å². The summed E-state index contributed by atoms with van der Waals surface area (Å²) in [6.45, 7) is 5.96. The van der Waals surface area contributed by atoms with Crippen LogP contribution in [0.2, 0.25) is 0 Å². The van der Waals surface area contributed by atoms with Crippen molar-refractivity contribution in [3.05, 3.63) is 47.2 Å². The highest BCUT2D eigenvalue weighted by molar-refractivity contribution is 5.73. The number of alkyl halides is 3. The molecule has 3 rings (SSSR count). The van der Waals surface area contributed by atoms with Crippen molar-refractivity contribution in [1.29, 1.82) is 0 Å². The van der Waals surface area contributed by atoms with Crippen LogP contribution in [0.15, 0.2) is 30.3 Å². The van der Waals surface area contributed by atoms with Gasteiger partial charge in [-0.3, -0.25) is 0 Å². The predicted molar refractivity (Wildman–Crippen MR) is 107 cm³/mol. The molecule has 1 heterocycles. The number of aryl methyl sites for hydroxylation is 2. The molecule has 30 heavy (non-hydrogen) atoms. The Morgan fingerprint density at radius 1 is 1.27 bits per heavy atom. The van der Waals surface area contributed by atoms with Crippen LogP contribution in [0.1, 0.15) is 55.8 Å². The van der Waals surface area contributed by atoms with Crippen LogP contribution in [-0.2, 0) is 24.4 Å². The molecule has 1 aliphatic carbocycles. The van der Waals surface area contributed by atoms with Crippen molar-refractivity contribution in [2.45, 2.75) is 71.7 Å². The quantitative estimate of drug-likeness (QED) is 0.631. The maximum atomic E-state index is 10.6. The molecule has 1 aromatic heterocycles. The molecule has 2 aromatic rings. The Morgan fingerprint density at radius 3 is 2.47 bits per heavy atom. The molecule has 0 amide bonds. The minimum atomic E-state index is -5.08. The summed E-state index contributed by atoms with van der Waals surface area (Å²) in [7, 11) is 0. The Morgan fingerprint density at radius 2 is 1.90 bits per heavy atom. The zero-order valence-electron chi connectivity index (χ0n) is 17.4. The van der Waals surface area contributed by atoms with Crippen LogP contribution in [0.25, 0.3) is 0 Å². The number of aromatic nitrogens is 2. The summed E-state index contributed by atoms with van der Waals surface area (Å²) in [4.78, 5) is 8.90. The average Bonchev–Trinajstić information content (AvgIpc) is 3.31. The van der Waals surface area contributed by atoms with Crippen molar-refractivity contribution in [3.8, 4) is 5.88 Å². The van der Waals surface area contributed by atoms with Crippen molar-refractivity contribution in [3.63, 3.8) is 0 Å². The Bertz CT molecular complexity index is 812. The van der Waals surface area contributed by atoms with Crippen molar-refractivity contribution in [2.24, 2.45) is 5.92 Å². The van der Waals surface area contributed by atoms with Crippen molar-refractivity contribution >= 4 is 5.97 Å². The maximum absolute atomic E-state index is 10.6. The molecule has 1 aliphatic rings. The van der Waals surface area contributed by atoms with Crippen molar-refractivity contribution in [1.82, 2.24) is 9.78 Å². The van der Waals surface area contributed by atoms with Crippen molar-refractivity contribution in [2.75, 3.05) is 0 Å². The third kappa shape index (κ3) is 7.39. The number of nitrogens with zero attached hydrogens (tertiary/aromatic N) is 2. The first-order valence-corrected chi connectivity index (χ1v) is 10.2. The third-order valence-electron chi connectivity index (χ3n) is 5.08. The van der Waals surface area contributed by atoms with E-state index in [1.807, 2.05) is 0 Å². The molecule has 166 valence electrons. The summed E-state index contributed by atoms with van der Waals surface area (Å²) in [6, 6.07) is 10.6. The normalized spacial score (nSPS) is 14.3. The van der Waals surface area contributed by atoms with Gasteiger partial charge >= 0.3 is 12.1 Å². The number of benzene rings is 1. The second-order valence-electron chi connectivity index (χ2n) is 7.57. The van der Waals surface area contributed by atoms with Gasteiger partial charge in [0.05, 0.1) is 5.69 Å². The highest BCUT2D eigenvalue weighted by Crippen LogP contribution is 2.28. The van der Waals surface area contributed by atoms with Crippen LogP contribution in [0.5, 0.6) is 5.88 Å². The molecule has 8 heteroatoms. The van der Waals surface area contributed by atoms with E-state index >= 15 is 0 Å². The highest BCUT2D eigenvalue weighted by Gasteiger charge is 2.38. The number of rotatable bonds is 7. The zero-order chi connectivity index (χ0) is 22.1. The molecule has 1 aromatic carbocycles. The zero-order valence-corrected chi connectivity index (χ0v) is 17.4. The monoisotopic (exact) mass is 426 g/mol. The smallest absolute Gasteiger partial charge is 0.475 e. The molecule has 1 saturated carbocycles. The molecule has 0 atom stereocenters. The number of ether oxygens (including phenoxy) is 1. The third-order valence-corrected chi connectivity index (χ3v) is 5.08. The molecule has 1 N–H and O–H groups in total. The number of carbonyl (C=O) groups is 1. The first-order chi connectivity index (χ1) is 14.2. The fourth-order valence-corrected chi connectivity index (χ4v) is 3.44. The summed E-state index contributed by atoms with van der Waals surface area (Å²) in [5, 5.41) is 11.9. The molecule has 0 unspecified atom stereocenters. The lowest BCUT2D eigenvalue weighted by atomic mass is 10.1. The SMILES string of the molecule is CCCc1cc(OCc2ccccc2C)n(CC2CCCC2)n1.O=C(O)C(F)(F)F. The van der Waals surface area contributed by atoms with E-state index in [-0.39, 0.29) is 0 Å². The van der Waals surface area contributed by atoms with E-state index in [1.165, 1.54) is 36.8 Å². The molecule has 0 aliphatic heterocycles. The maximum Gasteiger partial charge on any atom is 0.490 e. The Hall–Kier alpha value is -2.51. The summed E-state index contributed by atoms with van der Waals surface area (Å²) in [5.41, 5.74) is 3.69. The number of hydrogen-bond acceptors (Lipinski definition) is 3. The summed E-state index contributed by atoms with van der Waals surface area (Å²) < 4.78 is 40.0. The van der Waals surface area contributed by atoms with Crippen LogP contribution >= 0.6 is 0 Å². The predicted octanol–water partition coefficient (Wildman–Crippen LogP) is 5.55. The van der Waals surface area contributed by atoms with Crippen LogP contribution in [0.4, 0.5) is 13.2 Å². The van der Waals surface area contributed by atoms with Crippen LogP contribution in [0, 0.1) is 12.8 Å². The average molecular weight is 426 g/mol. The lowest BCUT2D eigenvalue weighted by Gasteiger charge is -2.13. The number of halogens is 3. The van der Waals surface area contributed by atoms with Crippen LogP contribution in [-0.4, -0.2) is 27.0 Å². The van der Waals surface area contributed by atoms with Crippen LogP contribution in [0.3, 0.4) is 0 Å². The number of carboxylic acid groups (broad SMARTS) is 1. The second kappa shape index (κ2) is 11.0. The number of carboxylic acids is 1. The number of hydrogen-bond donors (Lipinski definition) is 1. The Kier molecular flexibility index (Phi) is 8.74. The van der Waals surface area contributed by atoms with E-state index in [2.05, 4.69) is 48.9 Å². The van der Waals surface area contributed by atoms with Crippen molar-refractivity contribution < 1.29 is 27.8 Å². The molecule has 0 saturated heterocycles. The molecule has 0 radical (unpaired) electrons. The van der Waals surface area contributed by atoms with Gasteiger partial charge in [0.25, 0.3) is 0 Å². The lowest BCUT2D eigenvalue weighted by molar-refractivity contribution is -0.192. The Labute approximate surface area is 174 Å². The first-order valence-electron chi connectivity index (χ1n) is 10.2. The van der Waals surface area contributed by atoms with Gasteiger partial charge in [0.15, 0.2) is 0 Å². The first kappa shape index (κ1) is 23.8. The van der Waals surface area contributed by atoms with Gasteiger partial charge in [0.1, 0.15) is 6.61 Å². The van der Waals surface area contributed by atoms with Gasteiger partial charge in [-0.25, -0.2) is 9.48 Å². The lowest BCUT2D eigenvalue weighted by Crippen LogP contribution is -2.21. The topological polar surface area (TPSA) is 64.4 Å². The molecular formula is C22H29F3N2O3. The van der Waals surface area contributed by atoms with E-state index in [0.29, 0.717) is 6.61 Å². The molecule has 5 nitrogen and oxygen atoms in total. The fourth-order valence-electron chi connectivity index (χ4n) is 3.44. The second-order valence-corrected chi connectivity index (χ2v) is 7.57. The van der Waals surface area contributed by atoms with Gasteiger partial charge in [-0.15, -0.1) is 0 Å².